The molecule has 1 aliphatic rings. The molecule has 3 atom stereocenters. The molecule has 2 aromatic rings. The topological polar surface area (TPSA) is 99.9 Å². The van der Waals surface area contributed by atoms with Crippen LogP contribution in [0.3, 0.4) is 0 Å². The minimum Gasteiger partial charge on any atom is -0.497 e. The van der Waals surface area contributed by atoms with E-state index in [0.717, 1.165) is 5.56 Å². The van der Waals surface area contributed by atoms with Crippen LogP contribution < -0.4 is 10.1 Å². The fraction of sp³-hybridized carbons (Fsp3) is 0.316. The lowest BCUT2D eigenvalue weighted by Gasteiger charge is -2.37. The smallest absolute Gasteiger partial charge is 0.269 e. The molecular formula is C19H18Cl2N2O6. The van der Waals surface area contributed by atoms with Crippen LogP contribution in [0.1, 0.15) is 23.5 Å². The lowest BCUT2D eigenvalue weighted by Crippen LogP contribution is -2.48. The Morgan fingerprint density at radius 2 is 1.79 bits per heavy atom. The molecule has 0 saturated carbocycles. The Morgan fingerprint density at radius 1 is 1.17 bits per heavy atom. The summed E-state index contributed by atoms with van der Waals surface area (Å²) in [6, 6.07) is 12.5. The monoisotopic (exact) mass is 440 g/mol. The number of hydrogen-bond donors (Lipinski definition) is 1. The number of rotatable bonds is 6. The van der Waals surface area contributed by atoms with E-state index < -0.39 is 34.1 Å². The number of nitro benzene ring substituents is 1. The van der Waals surface area contributed by atoms with Gasteiger partial charge in [0.2, 0.25) is 0 Å². The Hall–Kier alpha value is -2.39. The van der Waals surface area contributed by atoms with Crippen LogP contribution in [0.2, 0.25) is 0 Å². The van der Waals surface area contributed by atoms with Crippen molar-refractivity contribution in [2.75, 3.05) is 13.7 Å². The summed E-state index contributed by atoms with van der Waals surface area (Å²) in [4.78, 5) is 21.2. The second-order valence-electron chi connectivity index (χ2n) is 6.26. The lowest BCUT2D eigenvalue weighted by molar-refractivity contribution is -0.384. The quantitative estimate of drug-likeness (QED) is 0.417. The number of carbonyl (C=O) groups is 1. The van der Waals surface area contributed by atoms with E-state index in [2.05, 4.69) is 5.32 Å². The molecule has 0 radical (unpaired) electrons. The molecule has 1 fully saturated rings. The highest BCUT2D eigenvalue weighted by molar-refractivity contribution is 6.53. The van der Waals surface area contributed by atoms with Gasteiger partial charge in [0.1, 0.15) is 11.9 Å². The predicted molar refractivity (Wildman–Crippen MR) is 106 cm³/mol. The van der Waals surface area contributed by atoms with E-state index in [1.54, 1.807) is 31.4 Å². The average Bonchev–Trinajstić information content (AvgIpc) is 2.74. The standard InChI is InChI=1S/C19H18Cl2N2O6/c1-27-14-8-4-12(5-9-14)19-28-10-15(22-18(24)17(20)21)16(29-19)11-2-6-13(7-3-11)23(25)26/h2-9,15-17,19H,10H2,1H3,(H,22,24)/t15-,16-,19+/m0/s1. The van der Waals surface area contributed by atoms with Gasteiger partial charge in [-0.05, 0) is 29.8 Å². The summed E-state index contributed by atoms with van der Waals surface area (Å²) in [5.41, 5.74) is 1.35. The van der Waals surface area contributed by atoms with E-state index in [9.17, 15) is 14.9 Å². The van der Waals surface area contributed by atoms with Gasteiger partial charge in [-0.3, -0.25) is 14.9 Å². The number of nitrogens with one attached hydrogen (secondary N) is 1. The summed E-state index contributed by atoms with van der Waals surface area (Å²) < 4.78 is 17.0. The second-order valence-corrected chi connectivity index (χ2v) is 7.36. The molecule has 29 heavy (non-hydrogen) atoms. The number of hydrogen-bond acceptors (Lipinski definition) is 6. The second kappa shape index (κ2) is 9.41. The summed E-state index contributed by atoms with van der Waals surface area (Å²) in [6.07, 6.45) is -1.33. The molecule has 3 rings (SSSR count). The summed E-state index contributed by atoms with van der Waals surface area (Å²) in [5, 5.41) is 13.6. The molecule has 0 bridgehead atoms. The van der Waals surface area contributed by atoms with Crippen molar-refractivity contribution in [3.05, 3.63) is 69.8 Å². The molecule has 0 unspecified atom stereocenters. The number of halogens is 2. The zero-order valence-electron chi connectivity index (χ0n) is 15.3. The van der Waals surface area contributed by atoms with Crippen molar-refractivity contribution >= 4 is 34.8 Å². The van der Waals surface area contributed by atoms with E-state index in [0.29, 0.717) is 11.3 Å². The van der Waals surface area contributed by atoms with E-state index >= 15 is 0 Å². The molecule has 2 aromatic carbocycles. The van der Waals surface area contributed by atoms with Crippen molar-refractivity contribution < 1.29 is 23.9 Å². The summed E-state index contributed by atoms with van der Waals surface area (Å²) in [6.45, 7) is 0.130. The van der Waals surface area contributed by atoms with Crippen LogP contribution in [0.25, 0.3) is 0 Å². The molecule has 10 heteroatoms. The van der Waals surface area contributed by atoms with Crippen molar-refractivity contribution in [3.8, 4) is 5.75 Å². The molecule has 0 aliphatic carbocycles. The molecule has 1 N–H and O–H groups in total. The van der Waals surface area contributed by atoms with Gasteiger partial charge in [0.05, 0.1) is 24.7 Å². The average molecular weight is 441 g/mol. The number of nitro groups is 1. The van der Waals surface area contributed by atoms with Crippen LogP contribution in [0.4, 0.5) is 5.69 Å². The third-order valence-corrected chi connectivity index (χ3v) is 4.81. The van der Waals surface area contributed by atoms with Crippen LogP contribution in [-0.2, 0) is 14.3 Å². The molecule has 154 valence electrons. The maximum Gasteiger partial charge on any atom is 0.269 e. The maximum atomic E-state index is 12.0. The van der Waals surface area contributed by atoms with Gasteiger partial charge < -0.3 is 19.5 Å². The molecule has 0 aromatic heterocycles. The maximum absolute atomic E-state index is 12.0. The summed E-state index contributed by atoms with van der Waals surface area (Å²) in [7, 11) is 1.57. The zero-order valence-corrected chi connectivity index (χ0v) is 16.8. The Labute approximate surface area is 176 Å². The van der Waals surface area contributed by atoms with Crippen molar-refractivity contribution in [2.45, 2.75) is 23.3 Å². The summed E-state index contributed by atoms with van der Waals surface area (Å²) >= 11 is 11.3. The minimum absolute atomic E-state index is 0.0466. The number of ether oxygens (including phenoxy) is 3. The Kier molecular flexibility index (Phi) is 6.92. The molecule has 8 nitrogen and oxygen atoms in total. The number of alkyl halides is 2. The van der Waals surface area contributed by atoms with Crippen molar-refractivity contribution in [1.82, 2.24) is 5.32 Å². The van der Waals surface area contributed by atoms with Crippen molar-refractivity contribution in [2.24, 2.45) is 0 Å². The van der Waals surface area contributed by atoms with E-state index in [-0.39, 0.29) is 12.3 Å². The van der Waals surface area contributed by atoms with Crippen molar-refractivity contribution in [1.29, 1.82) is 0 Å². The molecule has 1 heterocycles. The number of benzene rings is 2. The Bertz CT molecular complexity index is 860. The first-order valence-electron chi connectivity index (χ1n) is 8.63. The van der Waals surface area contributed by atoms with Gasteiger partial charge in [0.25, 0.3) is 11.6 Å². The van der Waals surface area contributed by atoms with E-state index in [1.165, 1.54) is 12.1 Å². The van der Waals surface area contributed by atoms with Gasteiger partial charge in [-0.15, -0.1) is 0 Å². The van der Waals surface area contributed by atoms with Crippen LogP contribution in [0, 0.1) is 10.1 Å². The number of amides is 1. The Morgan fingerprint density at radius 3 is 2.34 bits per heavy atom. The molecular weight excluding hydrogens is 423 g/mol. The third kappa shape index (κ3) is 5.16. The van der Waals surface area contributed by atoms with Gasteiger partial charge >= 0.3 is 0 Å². The zero-order chi connectivity index (χ0) is 21.0. The molecule has 1 saturated heterocycles. The number of carbonyl (C=O) groups excluding carboxylic acids is 1. The predicted octanol–water partition coefficient (Wildman–Crippen LogP) is 3.68. The first kappa shape index (κ1) is 21.3. The van der Waals surface area contributed by atoms with E-state index in [1.807, 2.05) is 12.1 Å². The van der Waals surface area contributed by atoms with Crippen LogP contribution in [0.5, 0.6) is 5.75 Å². The first-order valence-corrected chi connectivity index (χ1v) is 9.50. The first-order chi connectivity index (χ1) is 13.9. The molecule has 1 aliphatic heterocycles. The van der Waals surface area contributed by atoms with Gasteiger partial charge in [-0.25, -0.2) is 0 Å². The lowest BCUT2D eigenvalue weighted by atomic mass is 10.0. The number of methoxy groups -OCH3 is 1. The highest BCUT2D eigenvalue weighted by Crippen LogP contribution is 2.36. The highest BCUT2D eigenvalue weighted by Gasteiger charge is 2.35. The van der Waals surface area contributed by atoms with Crippen LogP contribution >= 0.6 is 23.2 Å². The SMILES string of the molecule is COc1ccc([C@@H]2OC[C@H](NC(=O)C(Cl)Cl)[C@H](c3ccc([N+](=O)[O-])cc3)O2)cc1. The van der Waals surface area contributed by atoms with E-state index in [4.69, 9.17) is 37.4 Å². The van der Waals surface area contributed by atoms with Crippen LogP contribution in [-0.4, -0.2) is 35.4 Å². The Balaban J connectivity index is 1.85. The van der Waals surface area contributed by atoms with Gasteiger partial charge in [0, 0.05) is 17.7 Å². The van der Waals surface area contributed by atoms with Crippen molar-refractivity contribution in [3.63, 3.8) is 0 Å². The fourth-order valence-electron chi connectivity index (χ4n) is 2.94. The van der Waals surface area contributed by atoms with Gasteiger partial charge in [-0.2, -0.15) is 0 Å². The van der Waals surface area contributed by atoms with Crippen LogP contribution in [0.15, 0.2) is 48.5 Å². The minimum atomic E-state index is -1.24. The number of non-ortho nitro benzene ring substituents is 1. The number of nitrogens with zero attached hydrogens (tertiary/aromatic N) is 1. The molecule has 1 amide bonds. The molecule has 0 spiro atoms. The highest BCUT2D eigenvalue weighted by atomic mass is 35.5. The normalized spacial score (nSPS) is 21.6. The van der Waals surface area contributed by atoms with Gasteiger partial charge in [-0.1, -0.05) is 35.3 Å². The fourth-order valence-corrected chi connectivity index (χ4v) is 3.07. The summed E-state index contributed by atoms with van der Waals surface area (Å²) in [5.74, 6) is 0.109. The largest absolute Gasteiger partial charge is 0.497 e. The van der Waals surface area contributed by atoms with Gasteiger partial charge in [0.15, 0.2) is 11.1 Å². The third-order valence-electron chi connectivity index (χ3n) is 4.41.